The van der Waals surface area contributed by atoms with Crippen molar-refractivity contribution in [3.63, 3.8) is 0 Å². The molecule has 3 aromatic carbocycles. The first-order valence-electron chi connectivity index (χ1n) is 12.8. The van der Waals surface area contributed by atoms with Crippen LogP contribution in [0, 0.1) is 11.5 Å². The van der Waals surface area contributed by atoms with E-state index in [1.165, 1.54) is 13.0 Å². The standard InChI is InChI=1S/C19H18N3.C14H16O2.Ir/c1-19(2,3)12-17-20-14-9-5-4-8-13(14)18-21-15-10-6-7-11-16(15)22(17)18;1-3-12-4-6-13(7-5-12)8-9-14(16)10-11(2)15;/h4-7,9-11H,12H2,1-3H3;3-7,10,16H,1,8-9H2,2H3;/q-1;;. The molecule has 0 saturated heterocycles. The van der Waals surface area contributed by atoms with Crippen LogP contribution < -0.4 is 0 Å². The molecule has 6 heteroatoms. The summed E-state index contributed by atoms with van der Waals surface area (Å²) in [4.78, 5) is 20.4. The van der Waals surface area contributed by atoms with Crippen LogP contribution in [-0.2, 0) is 37.7 Å². The van der Waals surface area contributed by atoms with Crippen LogP contribution >= 0.6 is 0 Å². The fraction of sp³-hybridized carbons (Fsp3) is 0.242. The minimum absolute atomic E-state index is 0. The summed E-state index contributed by atoms with van der Waals surface area (Å²) >= 11 is 0. The zero-order valence-corrected chi connectivity index (χ0v) is 25.3. The van der Waals surface area contributed by atoms with Crippen LogP contribution in [0.25, 0.3) is 33.7 Å². The first kappa shape index (κ1) is 29.9. The van der Waals surface area contributed by atoms with Crippen molar-refractivity contribution in [2.45, 2.75) is 47.0 Å². The summed E-state index contributed by atoms with van der Waals surface area (Å²) < 4.78 is 2.19. The topological polar surface area (TPSA) is 67.5 Å². The van der Waals surface area contributed by atoms with E-state index in [0.717, 1.165) is 57.4 Å². The largest absolute Gasteiger partial charge is 0.512 e. The van der Waals surface area contributed by atoms with Crippen molar-refractivity contribution in [2.24, 2.45) is 5.41 Å². The van der Waals surface area contributed by atoms with Crippen LogP contribution in [0.15, 0.2) is 85.1 Å². The normalized spacial score (nSPS) is 11.6. The van der Waals surface area contributed by atoms with Crippen molar-refractivity contribution in [1.29, 1.82) is 0 Å². The third-order valence-electron chi connectivity index (χ3n) is 6.07. The zero-order chi connectivity index (χ0) is 27.3. The average molecular weight is 697 g/mol. The van der Waals surface area contributed by atoms with Gasteiger partial charge in [-0.15, -0.1) is 24.3 Å². The minimum atomic E-state index is -0.125. The van der Waals surface area contributed by atoms with Crippen molar-refractivity contribution >= 4 is 39.4 Å². The van der Waals surface area contributed by atoms with Crippen molar-refractivity contribution in [3.8, 4) is 0 Å². The van der Waals surface area contributed by atoms with Gasteiger partial charge in [0.2, 0.25) is 0 Å². The molecule has 1 radical (unpaired) electrons. The summed E-state index contributed by atoms with van der Waals surface area (Å²) in [5, 5.41) is 10.4. The molecular formula is C33H34IrN3O2-. The number of hydrogen-bond acceptors (Lipinski definition) is 4. The SMILES string of the molecule is C=Cc1ccc(CCC(O)=CC(C)=O)cc1.CC(C)(C)Cc1nc2ccc[c-]c2c2nc3ccccc3n12.[Ir]. The maximum absolute atomic E-state index is 10.7. The third kappa shape index (κ3) is 7.72. The Kier molecular flexibility index (Phi) is 9.96. The Morgan fingerprint density at radius 3 is 2.38 bits per heavy atom. The Hall–Kier alpha value is -3.60. The fourth-order valence-electron chi connectivity index (χ4n) is 4.34. The van der Waals surface area contributed by atoms with E-state index in [1.54, 1.807) is 6.08 Å². The smallest absolute Gasteiger partial charge is 0.155 e. The molecule has 5 rings (SSSR count). The van der Waals surface area contributed by atoms with E-state index < -0.39 is 0 Å². The number of fused-ring (bicyclic) bond motifs is 5. The second-order valence-electron chi connectivity index (χ2n) is 10.6. The molecule has 1 N–H and O–H groups in total. The Morgan fingerprint density at radius 1 is 1.03 bits per heavy atom. The second kappa shape index (κ2) is 13.0. The number of aliphatic hydroxyl groups is 1. The number of hydrogen-bond donors (Lipinski definition) is 1. The van der Waals surface area contributed by atoms with Crippen molar-refractivity contribution in [2.75, 3.05) is 0 Å². The molecule has 0 aliphatic heterocycles. The van der Waals surface area contributed by atoms with Crippen molar-refractivity contribution in [3.05, 3.63) is 108 Å². The van der Waals surface area contributed by atoms with E-state index in [9.17, 15) is 9.90 Å². The van der Waals surface area contributed by atoms with Crippen LogP contribution in [0.3, 0.4) is 0 Å². The van der Waals surface area contributed by atoms with Gasteiger partial charge in [0.1, 0.15) is 0 Å². The van der Waals surface area contributed by atoms with E-state index >= 15 is 0 Å². The number of aryl methyl sites for hydroxylation is 1. The van der Waals surface area contributed by atoms with Crippen LogP contribution in [0.4, 0.5) is 0 Å². The van der Waals surface area contributed by atoms with Gasteiger partial charge in [-0.2, -0.15) is 0 Å². The first-order valence-corrected chi connectivity index (χ1v) is 12.8. The Balaban J connectivity index is 0.000000222. The maximum atomic E-state index is 10.7. The maximum Gasteiger partial charge on any atom is 0.155 e. The molecule has 0 saturated carbocycles. The molecule has 2 heterocycles. The van der Waals surface area contributed by atoms with Crippen molar-refractivity contribution < 1.29 is 30.0 Å². The molecular weight excluding hydrogens is 663 g/mol. The number of ketones is 1. The van der Waals surface area contributed by atoms with Gasteiger partial charge in [-0.05, 0) is 47.5 Å². The number of aliphatic hydroxyl groups excluding tert-OH is 1. The van der Waals surface area contributed by atoms with Gasteiger partial charge < -0.3 is 9.51 Å². The van der Waals surface area contributed by atoms with Crippen LogP contribution in [0.2, 0.25) is 0 Å². The molecule has 0 spiro atoms. The molecule has 2 aromatic heterocycles. The van der Waals surface area contributed by atoms with E-state index in [-0.39, 0.29) is 37.1 Å². The number of carbonyl (C=O) groups is 1. The molecule has 0 atom stereocenters. The number of rotatable bonds is 6. The molecule has 5 aromatic rings. The van der Waals surface area contributed by atoms with Gasteiger partial charge in [-0.25, -0.2) is 0 Å². The zero-order valence-electron chi connectivity index (χ0n) is 22.9. The van der Waals surface area contributed by atoms with Crippen LogP contribution in [0.5, 0.6) is 0 Å². The number of imidazole rings is 1. The summed E-state index contributed by atoms with van der Waals surface area (Å²) in [6.45, 7) is 11.8. The number of benzene rings is 3. The molecule has 0 unspecified atom stereocenters. The summed E-state index contributed by atoms with van der Waals surface area (Å²) in [5.74, 6) is 1.07. The monoisotopic (exact) mass is 697 g/mol. The molecule has 0 aliphatic rings. The van der Waals surface area contributed by atoms with Crippen LogP contribution in [-0.4, -0.2) is 25.3 Å². The predicted molar refractivity (Wildman–Crippen MR) is 156 cm³/mol. The van der Waals surface area contributed by atoms with E-state index in [2.05, 4.69) is 56.0 Å². The van der Waals surface area contributed by atoms with Crippen LogP contribution in [0.1, 0.15) is 51.1 Å². The van der Waals surface area contributed by atoms with E-state index in [1.807, 2.05) is 48.5 Å². The van der Waals surface area contributed by atoms with E-state index in [0.29, 0.717) is 6.42 Å². The van der Waals surface area contributed by atoms with Gasteiger partial charge in [0.15, 0.2) is 5.78 Å². The average Bonchev–Trinajstić information content (AvgIpc) is 3.27. The first-order chi connectivity index (χ1) is 18.1. The number of allylic oxidation sites excluding steroid dienone is 2. The van der Waals surface area contributed by atoms with Crippen molar-refractivity contribution in [1.82, 2.24) is 14.4 Å². The summed E-state index contributed by atoms with van der Waals surface area (Å²) in [5.41, 5.74) is 6.40. The quantitative estimate of drug-likeness (QED) is 0.112. The summed E-state index contributed by atoms with van der Waals surface area (Å²) in [6, 6.07) is 25.4. The Bertz CT molecular complexity index is 1630. The fourth-order valence-corrected chi connectivity index (χ4v) is 4.34. The number of aromatic nitrogens is 3. The Labute approximate surface area is 243 Å². The van der Waals surface area contributed by atoms with E-state index in [4.69, 9.17) is 9.97 Å². The molecule has 39 heavy (non-hydrogen) atoms. The van der Waals surface area contributed by atoms with Gasteiger partial charge in [0.25, 0.3) is 0 Å². The van der Waals surface area contributed by atoms with Gasteiger partial charge in [-0.1, -0.05) is 75.2 Å². The predicted octanol–water partition coefficient (Wildman–Crippen LogP) is 7.72. The van der Waals surface area contributed by atoms with Gasteiger partial charge >= 0.3 is 0 Å². The molecule has 203 valence electrons. The van der Waals surface area contributed by atoms with Gasteiger partial charge in [-0.3, -0.25) is 14.8 Å². The molecule has 0 aliphatic carbocycles. The number of carbonyl (C=O) groups excluding carboxylic acids is 1. The minimum Gasteiger partial charge on any atom is -0.512 e. The molecule has 5 nitrogen and oxygen atoms in total. The Morgan fingerprint density at radius 2 is 1.72 bits per heavy atom. The molecule has 0 bridgehead atoms. The summed E-state index contributed by atoms with van der Waals surface area (Å²) in [6.07, 6.45) is 5.17. The number of nitrogens with zero attached hydrogens (tertiary/aromatic N) is 3. The third-order valence-corrected chi connectivity index (χ3v) is 6.07. The van der Waals surface area contributed by atoms with Gasteiger partial charge in [0.05, 0.1) is 28.3 Å². The summed E-state index contributed by atoms with van der Waals surface area (Å²) in [7, 11) is 0. The molecule has 0 fully saturated rings. The second-order valence-corrected chi connectivity index (χ2v) is 10.6. The van der Waals surface area contributed by atoms with Gasteiger partial charge in [0, 0.05) is 39.0 Å². The number of para-hydroxylation sites is 2. The molecule has 0 amide bonds.